The van der Waals surface area contributed by atoms with Gasteiger partial charge in [-0.1, -0.05) is 19.3 Å². The molecule has 8 heteroatoms. The number of nitrogens with one attached hydrogen (secondary N) is 1. The van der Waals surface area contributed by atoms with Crippen LogP contribution in [0.3, 0.4) is 0 Å². The van der Waals surface area contributed by atoms with E-state index in [4.69, 9.17) is 5.73 Å². The highest BCUT2D eigenvalue weighted by atomic mass is 127. The zero-order chi connectivity index (χ0) is 19.8. The Morgan fingerprint density at radius 2 is 1.76 bits per heavy atom. The summed E-state index contributed by atoms with van der Waals surface area (Å²) in [6, 6.07) is 6.58. The van der Waals surface area contributed by atoms with Crippen LogP contribution in [0, 0.1) is 11.7 Å². The Kier molecular flexibility index (Phi) is 9.96. The number of carbonyl (C=O) groups is 1. The number of anilines is 1. The number of halogens is 2. The quantitative estimate of drug-likeness (QED) is 0.264. The first-order valence-electron chi connectivity index (χ1n) is 10.4. The lowest BCUT2D eigenvalue weighted by molar-refractivity contribution is -0.122. The van der Waals surface area contributed by atoms with Crippen molar-refractivity contribution in [1.82, 2.24) is 10.2 Å². The number of piperazine rings is 1. The lowest BCUT2D eigenvalue weighted by atomic mass is 9.87. The normalized spacial score (nSPS) is 18.3. The van der Waals surface area contributed by atoms with E-state index in [0.29, 0.717) is 31.4 Å². The van der Waals surface area contributed by atoms with Crippen molar-refractivity contribution in [3.8, 4) is 0 Å². The monoisotopic (exact) mass is 517 g/mol. The molecule has 1 amide bonds. The molecule has 0 aromatic heterocycles. The van der Waals surface area contributed by atoms with Crippen LogP contribution < -0.4 is 16.0 Å². The Labute approximate surface area is 190 Å². The fourth-order valence-electron chi connectivity index (χ4n) is 4.04. The predicted octanol–water partition coefficient (Wildman–Crippen LogP) is 2.97. The Morgan fingerprint density at radius 1 is 1.10 bits per heavy atom. The van der Waals surface area contributed by atoms with Crippen molar-refractivity contribution in [3.63, 3.8) is 0 Å². The standard InChI is InChI=1S/C21H32FN5O.HI/c22-18-6-8-19(9-7-18)26-12-14-27(15-13-26)21(23)25-11-10-24-20(28)16-17-4-2-1-3-5-17;/h6-9,17H,1-5,10-16H2,(H2,23,25)(H,24,28);1H. The van der Waals surface area contributed by atoms with Crippen LogP contribution in [0.4, 0.5) is 10.1 Å². The number of rotatable bonds is 6. The zero-order valence-electron chi connectivity index (χ0n) is 17.0. The number of aliphatic imine (C=N–C) groups is 1. The van der Waals surface area contributed by atoms with Crippen LogP contribution in [0.2, 0.25) is 0 Å². The molecule has 0 radical (unpaired) electrons. The summed E-state index contributed by atoms with van der Waals surface area (Å²) >= 11 is 0. The molecular weight excluding hydrogens is 484 g/mol. The maximum absolute atomic E-state index is 13.1. The van der Waals surface area contributed by atoms with Crippen molar-refractivity contribution in [2.24, 2.45) is 16.6 Å². The highest BCUT2D eigenvalue weighted by molar-refractivity contribution is 14.0. The summed E-state index contributed by atoms with van der Waals surface area (Å²) in [5.74, 6) is 0.998. The average molecular weight is 517 g/mol. The number of hydrogen-bond acceptors (Lipinski definition) is 3. The number of nitrogens with zero attached hydrogens (tertiary/aromatic N) is 3. The maximum atomic E-state index is 13.1. The van der Waals surface area contributed by atoms with Gasteiger partial charge in [-0.25, -0.2) is 4.39 Å². The molecule has 3 N–H and O–H groups in total. The number of nitrogens with two attached hydrogens (primary N) is 1. The number of hydrogen-bond donors (Lipinski definition) is 2. The fraction of sp³-hybridized carbons (Fsp3) is 0.619. The second-order valence-corrected chi connectivity index (χ2v) is 7.75. The first kappa shape index (κ1) is 23.7. The summed E-state index contributed by atoms with van der Waals surface area (Å²) in [7, 11) is 0. The van der Waals surface area contributed by atoms with E-state index < -0.39 is 0 Å². The topological polar surface area (TPSA) is 74.0 Å². The first-order chi connectivity index (χ1) is 13.6. The molecule has 1 aliphatic carbocycles. The van der Waals surface area contributed by atoms with E-state index in [9.17, 15) is 9.18 Å². The molecule has 1 heterocycles. The minimum atomic E-state index is -0.218. The van der Waals surface area contributed by atoms with Gasteiger partial charge in [0.25, 0.3) is 0 Å². The van der Waals surface area contributed by atoms with Crippen LogP contribution in [0.1, 0.15) is 38.5 Å². The van der Waals surface area contributed by atoms with Crippen LogP contribution in [-0.4, -0.2) is 56.0 Å². The summed E-state index contributed by atoms with van der Waals surface area (Å²) in [6.45, 7) is 4.23. The van der Waals surface area contributed by atoms with Crippen molar-refractivity contribution in [1.29, 1.82) is 0 Å². The Balaban J connectivity index is 0.00000300. The van der Waals surface area contributed by atoms with Gasteiger partial charge in [0.15, 0.2) is 5.96 Å². The van der Waals surface area contributed by atoms with Crippen molar-refractivity contribution in [2.45, 2.75) is 38.5 Å². The third-order valence-corrected chi connectivity index (χ3v) is 5.70. The molecule has 1 aliphatic heterocycles. The minimum Gasteiger partial charge on any atom is -0.370 e. The average Bonchev–Trinajstić information content (AvgIpc) is 2.72. The molecule has 1 aromatic carbocycles. The predicted molar refractivity (Wildman–Crippen MR) is 126 cm³/mol. The number of guanidine groups is 1. The van der Waals surface area contributed by atoms with E-state index in [0.717, 1.165) is 31.9 Å². The lowest BCUT2D eigenvalue weighted by Gasteiger charge is -2.36. The Bertz CT molecular complexity index is 656. The summed E-state index contributed by atoms with van der Waals surface area (Å²) < 4.78 is 13.1. The molecular formula is C21H33FIN5O. The molecule has 0 unspecified atom stereocenters. The van der Waals surface area contributed by atoms with Gasteiger partial charge in [0, 0.05) is 44.8 Å². The van der Waals surface area contributed by atoms with Crippen molar-refractivity contribution < 1.29 is 9.18 Å². The molecule has 1 aromatic rings. The minimum absolute atomic E-state index is 0. The molecule has 162 valence electrons. The van der Waals surface area contributed by atoms with Crippen molar-refractivity contribution in [2.75, 3.05) is 44.2 Å². The van der Waals surface area contributed by atoms with Crippen LogP contribution in [0.5, 0.6) is 0 Å². The van der Waals surface area contributed by atoms with Crippen molar-refractivity contribution >= 4 is 41.5 Å². The lowest BCUT2D eigenvalue weighted by Crippen LogP contribution is -2.51. The molecule has 0 spiro atoms. The molecule has 3 rings (SSSR count). The molecule has 6 nitrogen and oxygen atoms in total. The Morgan fingerprint density at radius 3 is 2.41 bits per heavy atom. The van der Waals surface area contributed by atoms with Gasteiger partial charge in [0.2, 0.25) is 5.91 Å². The first-order valence-corrected chi connectivity index (χ1v) is 10.4. The smallest absolute Gasteiger partial charge is 0.220 e. The summed E-state index contributed by atoms with van der Waals surface area (Å²) in [4.78, 5) is 20.7. The van der Waals surface area contributed by atoms with Crippen LogP contribution in [0.15, 0.2) is 29.3 Å². The highest BCUT2D eigenvalue weighted by Gasteiger charge is 2.19. The number of benzene rings is 1. The van der Waals surface area contributed by atoms with Crippen LogP contribution in [0.25, 0.3) is 0 Å². The molecule has 2 fully saturated rings. The Hall–Kier alpha value is -1.58. The zero-order valence-corrected chi connectivity index (χ0v) is 19.3. The van der Waals surface area contributed by atoms with E-state index in [1.54, 1.807) is 12.1 Å². The van der Waals surface area contributed by atoms with Gasteiger partial charge in [-0.3, -0.25) is 9.79 Å². The molecule has 0 bridgehead atoms. The van der Waals surface area contributed by atoms with Gasteiger partial charge in [0.1, 0.15) is 5.82 Å². The molecule has 29 heavy (non-hydrogen) atoms. The van der Waals surface area contributed by atoms with Crippen LogP contribution >= 0.6 is 24.0 Å². The third kappa shape index (κ3) is 7.64. The summed E-state index contributed by atoms with van der Waals surface area (Å²) in [5.41, 5.74) is 7.14. The second kappa shape index (κ2) is 12.2. The number of carbonyl (C=O) groups excluding carboxylic acids is 1. The maximum Gasteiger partial charge on any atom is 0.220 e. The molecule has 1 saturated heterocycles. The van der Waals surface area contributed by atoms with Gasteiger partial charge >= 0.3 is 0 Å². The second-order valence-electron chi connectivity index (χ2n) is 7.75. The van der Waals surface area contributed by atoms with E-state index in [1.165, 1.54) is 44.2 Å². The largest absolute Gasteiger partial charge is 0.370 e. The van der Waals surface area contributed by atoms with E-state index in [2.05, 4.69) is 20.1 Å². The van der Waals surface area contributed by atoms with Gasteiger partial charge < -0.3 is 20.9 Å². The fourth-order valence-corrected chi connectivity index (χ4v) is 4.04. The molecule has 1 saturated carbocycles. The van der Waals surface area contributed by atoms with Gasteiger partial charge in [0.05, 0.1) is 6.54 Å². The van der Waals surface area contributed by atoms with E-state index in [1.807, 2.05) is 0 Å². The van der Waals surface area contributed by atoms with Gasteiger partial charge in [-0.2, -0.15) is 0 Å². The SMILES string of the molecule is I.NC(=NCCNC(=O)CC1CCCCC1)N1CCN(c2ccc(F)cc2)CC1. The van der Waals surface area contributed by atoms with Crippen LogP contribution in [-0.2, 0) is 4.79 Å². The third-order valence-electron chi connectivity index (χ3n) is 5.70. The van der Waals surface area contributed by atoms with E-state index >= 15 is 0 Å². The van der Waals surface area contributed by atoms with Gasteiger partial charge in [-0.15, -0.1) is 24.0 Å². The molecule has 0 atom stereocenters. The van der Waals surface area contributed by atoms with E-state index in [-0.39, 0.29) is 35.7 Å². The van der Waals surface area contributed by atoms with Gasteiger partial charge in [-0.05, 0) is 43.0 Å². The molecule has 2 aliphatic rings. The van der Waals surface area contributed by atoms with Crippen molar-refractivity contribution in [3.05, 3.63) is 30.1 Å². The summed E-state index contributed by atoms with van der Waals surface area (Å²) in [6.07, 6.45) is 6.83. The highest BCUT2D eigenvalue weighted by Crippen LogP contribution is 2.26. The summed E-state index contributed by atoms with van der Waals surface area (Å²) in [5, 5.41) is 2.96. The number of amides is 1.